The van der Waals surface area contributed by atoms with Crippen LogP contribution in [0, 0.1) is 13.8 Å². The number of rotatable bonds is 7. The topological polar surface area (TPSA) is 46.4 Å². The maximum Gasteiger partial charge on any atom is 0.416 e. The Morgan fingerprint density at radius 1 is 1.00 bits per heavy atom. The van der Waals surface area contributed by atoms with Gasteiger partial charge in [0.05, 0.1) is 5.56 Å². The van der Waals surface area contributed by atoms with Gasteiger partial charge in [0.2, 0.25) is 0 Å². The van der Waals surface area contributed by atoms with Crippen molar-refractivity contribution in [2.75, 3.05) is 6.54 Å². The second-order valence-electron chi connectivity index (χ2n) is 8.44. The fourth-order valence-electron chi connectivity index (χ4n) is 4.45. The van der Waals surface area contributed by atoms with Crippen molar-refractivity contribution in [2.24, 2.45) is 0 Å². The third-order valence-electron chi connectivity index (χ3n) is 6.12. The number of hydrogen-bond donors (Lipinski definition) is 1. The summed E-state index contributed by atoms with van der Waals surface area (Å²) in [5.74, 6) is -0.297. The van der Waals surface area contributed by atoms with Gasteiger partial charge in [0.1, 0.15) is 5.65 Å². The molecule has 1 unspecified atom stereocenters. The fourth-order valence-corrected chi connectivity index (χ4v) is 4.45. The van der Waals surface area contributed by atoms with Crippen molar-refractivity contribution in [1.29, 1.82) is 0 Å². The molecule has 4 rings (SSSR count). The van der Waals surface area contributed by atoms with Crippen LogP contribution in [0.25, 0.3) is 5.65 Å². The molecular weight excluding hydrogens is 439 g/mol. The molecule has 1 amide bonds. The Balaban J connectivity index is 1.48. The third-order valence-corrected chi connectivity index (χ3v) is 6.12. The maximum atomic E-state index is 12.7. The van der Waals surface area contributed by atoms with Crippen molar-refractivity contribution in [3.8, 4) is 0 Å². The molecule has 0 bridgehead atoms. The minimum Gasteiger partial charge on any atom is -0.352 e. The van der Waals surface area contributed by atoms with E-state index < -0.39 is 11.7 Å². The Labute approximate surface area is 196 Å². The van der Waals surface area contributed by atoms with Gasteiger partial charge in [-0.15, -0.1) is 0 Å². The van der Waals surface area contributed by atoms with Crippen LogP contribution < -0.4 is 5.32 Å². The van der Waals surface area contributed by atoms with Gasteiger partial charge >= 0.3 is 6.18 Å². The molecule has 0 aliphatic carbocycles. The molecule has 0 spiro atoms. The van der Waals surface area contributed by atoms with Gasteiger partial charge in [-0.05, 0) is 79.8 Å². The summed E-state index contributed by atoms with van der Waals surface area (Å²) in [5, 5.41) is 2.83. The molecule has 0 fully saturated rings. The first kappa shape index (κ1) is 23.5. The lowest BCUT2D eigenvalue weighted by Crippen LogP contribution is -2.25. The van der Waals surface area contributed by atoms with Gasteiger partial charge in [0.15, 0.2) is 0 Å². The Hall–Kier alpha value is -3.61. The van der Waals surface area contributed by atoms with Crippen molar-refractivity contribution < 1.29 is 18.0 Å². The Bertz CT molecular complexity index is 1270. The molecule has 34 heavy (non-hydrogen) atoms. The molecule has 1 N–H and O–H groups in total. The van der Waals surface area contributed by atoms with E-state index in [2.05, 4.69) is 40.7 Å². The second kappa shape index (κ2) is 9.71. The van der Waals surface area contributed by atoms with Crippen LogP contribution in [0.1, 0.15) is 57.1 Å². The Morgan fingerprint density at radius 2 is 1.71 bits per heavy atom. The first-order valence-corrected chi connectivity index (χ1v) is 11.2. The standard InChI is InChI=1S/C27H26F3N3O/c1-18-7-5-8-19(2)25(18)22(23-17-32-24-10-3-4-16-33(23)24)9-6-15-31-26(34)20-11-13-21(14-12-20)27(28,29)30/h3-5,7-8,10-14,16-17,22H,6,9,15H2,1-2H3,(H,31,34). The predicted molar refractivity (Wildman–Crippen MR) is 126 cm³/mol. The van der Waals surface area contributed by atoms with Crippen molar-refractivity contribution in [3.05, 3.63) is 107 Å². The molecule has 2 aromatic heterocycles. The van der Waals surface area contributed by atoms with Gasteiger partial charge in [-0.25, -0.2) is 4.98 Å². The molecule has 1 atom stereocenters. The zero-order valence-electron chi connectivity index (χ0n) is 19.1. The summed E-state index contributed by atoms with van der Waals surface area (Å²) in [6.07, 6.45) is 0.972. The maximum absolute atomic E-state index is 12.7. The number of aromatic nitrogens is 2. The highest BCUT2D eigenvalue weighted by molar-refractivity contribution is 5.94. The smallest absolute Gasteiger partial charge is 0.352 e. The molecule has 2 aromatic carbocycles. The van der Waals surface area contributed by atoms with E-state index in [0.29, 0.717) is 13.0 Å². The van der Waals surface area contributed by atoms with E-state index >= 15 is 0 Å². The summed E-state index contributed by atoms with van der Waals surface area (Å²) in [6, 6.07) is 16.4. The first-order chi connectivity index (χ1) is 16.3. The lowest BCUT2D eigenvalue weighted by atomic mass is 9.85. The number of fused-ring (bicyclic) bond motifs is 1. The lowest BCUT2D eigenvalue weighted by Gasteiger charge is -2.22. The van der Waals surface area contributed by atoms with Gasteiger partial charge < -0.3 is 9.72 Å². The number of carbonyl (C=O) groups excluding carboxylic acids is 1. The van der Waals surface area contributed by atoms with E-state index in [-0.39, 0.29) is 17.4 Å². The number of alkyl halides is 3. The molecule has 7 heteroatoms. The molecule has 0 saturated carbocycles. The van der Waals surface area contributed by atoms with Crippen molar-refractivity contribution in [2.45, 2.75) is 38.8 Å². The number of imidazole rings is 1. The van der Waals surface area contributed by atoms with E-state index in [1.165, 1.54) is 28.8 Å². The summed E-state index contributed by atoms with van der Waals surface area (Å²) in [4.78, 5) is 17.0. The third kappa shape index (κ3) is 4.98. The summed E-state index contributed by atoms with van der Waals surface area (Å²) >= 11 is 0. The highest BCUT2D eigenvalue weighted by Crippen LogP contribution is 2.34. The number of aryl methyl sites for hydroxylation is 2. The lowest BCUT2D eigenvalue weighted by molar-refractivity contribution is -0.137. The molecule has 0 aliphatic rings. The molecule has 4 nitrogen and oxygen atoms in total. The zero-order chi connectivity index (χ0) is 24.3. The normalized spacial score (nSPS) is 12.6. The largest absolute Gasteiger partial charge is 0.416 e. The number of carbonyl (C=O) groups is 1. The van der Waals surface area contributed by atoms with Gasteiger partial charge in [-0.2, -0.15) is 13.2 Å². The summed E-state index contributed by atoms with van der Waals surface area (Å²) in [6.45, 7) is 4.62. The average Bonchev–Trinajstić information content (AvgIpc) is 3.23. The quantitative estimate of drug-likeness (QED) is 0.325. The number of hydrogen-bond acceptors (Lipinski definition) is 2. The van der Waals surface area contributed by atoms with Crippen LogP contribution in [0.5, 0.6) is 0 Å². The van der Waals surface area contributed by atoms with Gasteiger partial charge in [-0.3, -0.25) is 4.79 Å². The SMILES string of the molecule is Cc1cccc(C)c1C(CCCNC(=O)c1ccc(C(F)(F)F)cc1)c1cnc2ccccn12. The number of pyridine rings is 1. The van der Waals surface area contributed by atoms with Crippen molar-refractivity contribution in [3.63, 3.8) is 0 Å². The number of benzene rings is 2. The summed E-state index contributed by atoms with van der Waals surface area (Å²) < 4.78 is 40.3. The van der Waals surface area contributed by atoms with Gasteiger partial charge in [-0.1, -0.05) is 24.3 Å². The summed E-state index contributed by atoms with van der Waals surface area (Å²) in [5.41, 5.74) is 5.05. The fraction of sp³-hybridized carbons (Fsp3) is 0.259. The monoisotopic (exact) mass is 465 g/mol. The van der Waals surface area contributed by atoms with Crippen molar-refractivity contribution in [1.82, 2.24) is 14.7 Å². The van der Waals surface area contributed by atoms with Crippen LogP contribution >= 0.6 is 0 Å². The highest BCUT2D eigenvalue weighted by atomic mass is 19.4. The van der Waals surface area contributed by atoms with Crippen LogP contribution in [0.4, 0.5) is 13.2 Å². The predicted octanol–water partition coefficient (Wildman–Crippen LogP) is 6.31. The Morgan fingerprint density at radius 3 is 2.38 bits per heavy atom. The van der Waals surface area contributed by atoms with Crippen LogP contribution in [0.3, 0.4) is 0 Å². The van der Waals surface area contributed by atoms with Crippen LogP contribution in [-0.2, 0) is 6.18 Å². The van der Waals surface area contributed by atoms with Crippen LogP contribution in [0.15, 0.2) is 73.1 Å². The van der Waals surface area contributed by atoms with Gasteiger partial charge in [0, 0.05) is 36.1 Å². The van der Waals surface area contributed by atoms with Crippen LogP contribution in [-0.4, -0.2) is 21.8 Å². The number of nitrogens with one attached hydrogen (secondary N) is 1. The molecule has 4 aromatic rings. The summed E-state index contributed by atoms with van der Waals surface area (Å²) in [7, 11) is 0. The minimum atomic E-state index is -4.42. The molecule has 2 heterocycles. The number of halogens is 3. The number of nitrogens with zero attached hydrogens (tertiary/aromatic N) is 2. The highest BCUT2D eigenvalue weighted by Gasteiger charge is 2.30. The van der Waals surface area contributed by atoms with E-state index in [9.17, 15) is 18.0 Å². The van der Waals surface area contributed by atoms with E-state index in [1.54, 1.807) is 0 Å². The van der Waals surface area contributed by atoms with E-state index in [4.69, 9.17) is 0 Å². The Kier molecular flexibility index (Phi) is 6.72. The van der Waals surface area contributed by atoms with E-state index in [1.807, 2.05) is 36.7 Å². The number of amides is 1. The molecule has 0 saturated heterocycles. The van der Waals surface area contributed by atoms with E-state index in [0.717, 1.165) is 29.9 Å². The molecule has 0 aliphatic heterocycles. The second-order valence-corrected chi connectivity index (χ2v) is 8.44. The molecule has 176 valence electrons. The van der Waals surface area contributed by atoms with Crippen molar-refractivity contribution >= 4 is 11.6 Å². The average molecular weight is 466 g/mol. The van der Waals surface area contributed by atoms with Gasteiger partial charge in [0.25, 0.3) is 5.91 Å². The zero-order valence-corrected chi connectivity index (χ0v) is 19.1. The minimum absolute atomic E-state index is 0.0848. The molecule has 0 radical (unpaired) electrons. The van der Waals surface area contributed by atoms with Crippen LogP contribution in [0.2, 0.25) is 0 Å². The first-order valence-electron chi connectivity index (χ1n) is 11.2. The molecular formula is C27H26F3N3O.